The highest BCUT2D eigenvalue weighted by Crippen LogP contribution is 1.99. The van der Waals surface area contributed by atoms with Crippen molar-refractivity contribution in [3.05, 3.63) is 30.3 Å². The van der Waals surface area contributed by atoms with E-state index in [-0.39, 0.29) is 11.6 Å². The first kappa shape index (κ1) is 11.9. The summed E-state index contributed by atoms with van der Waals surface area (Å²) in [6.45, 7) is 0.375. The predicted molar refractivity (Wildman–Crippen MR) is 60.2 cm³/mol. The zero-order valence-electron chi connectivity index (χ0n) is 9.33. The SMILES string of the molecule is NNc1cncc(C(=O)NCCc2ncon2)n1. The van der Waals surface area contributed by atoms with E-state index < -0.39 is 0 Å². The summed E-state index contributed by atoms with van der Waals surface area (Å²) in [5, 5.41) is 6.28. The number of nitrogens with one attached hydrogen (secondary N) is 2. The Kier molecular flexibility index (Phi) is 3.76. The van der Waals surface area contributed by atoms with Crippen molar-refractivity contribution in [2.75, 3.05) is 12.0 Å². The molecule has 0 spiro atoms. The first-order valence-electron chi connectivity index (χ1n) is 5.11. The summed E-state index contributed by atoms with van der Waals surface area (Å²) in [5.41, 5.74) is 2.49. The van der Waals surface area contributed by atoms with E-state index >= 15 is 0 Å². The maximum absolute atomic E-state index is 11.7. The fourth-order valence-corrected chi connectivity index (χ4v) is 1.23. The third kappa shape index (κ3) is 2.98. The summed E-state index contributed by atoms with van der Waals surface area (Å²) in [4.78, 5) is 23.3. The smallest absolute Gasteiger partial charge is 0.271 e. The van der Waals surface area contributed by atoms with Gasteiger partial charge in [-0.25, -0.2) is 10.8 Å². The molecule has 0 unspecified atom stereocenters. The van der Waals surface area contributed by atoms with Crippen molar-refractivity contribution in [2.24, 2.45) is 5.84 Å². The molecule has 2 aromatic rings. The third-order valence-electron chi connectivity index (χ3n) is 2.06. The molecule has 0 aliphatic rings. The Bertz CT molecular complexity index is 513. The molecular formula is C9H11N7O2. The van der Waals surface area contributed by atoms with Gasteiger partial charge >= 0.3 is 0 Å². The topological polar surface area (TPSA) is 132 Å². The van der Waals surface area contributed by atoms with Crippen LogP contribution >= 0.6 is 0 Å². The number of carbonyl (C=O) groups excluding carboxylic acids is 1. The molecule has 0 atom stereocenters. The molecule has 18 heavy (non-hydrogen) atoms. The second-order valence-electron chi connectivity index (χ2n) is 3.29. The molecule has 2 heterocycles. The van der Waals surface area contributed by atoms with Crippen molar-refractivity contribution in [3.8, 4) is 0 Å². The molecule has 0 aliphatic carbocycles. The van der Waals surface area contributed by atoms with Crippen LogP contribution in [0.15, 0.2) is 23.3 Å². The lowest BCUT2D eigenvalue weighted by Gasteiger charge is -2.04. The Morgan fingerprint density at radius 1 is 1.44 bits per heavy atom. The van der Waals surface area contributed by atoms with Gasteiger partial charge in [0.2, 0.25) is 6.39 Å². The minimum absolute atomic E-state index is 0.179. The number of carbonyl (C=O) groups is 1. The van der Waals surface area contributed by atoms with Crippen molar-refractivity contribution < 1.29 is 9.32 Å². The van der Waals surface area contributed by atoms with Crippen LogP contribution in [-0.4, -0.2) is 32.6 Å². The van der Waals surface area contributed by atoms with Gasteiger partial charge in [0.15, 0.2) is 11.6 Å². The molecule has 9 heteroatoms. The van der Waals surface area contributed by atoms with Crippen LogP contribution in [0.1, 0.15) is 16.3 Å². The minimum Gasteiger partial charge on any atom is -0.350 e. The van der Waals surface area contributed by atoms with E-state index in [9.17, 15) is 4.79 Å². The Balaban J connectivity index is 1.87. The van der Waals surface area contributed by atoms with Gasteiger partial charge in [0.25, 0.3) is 5.91 Å². The van der Waals surface area contributed by atoms with E-state index in [1.165, 1.54) is 18.8 Å². The highest BCUT2D eigenvalue weighted by molar-refractivity contribution is 5.92. The van der Waals surface area contributed by atoms with E-state index in [1.54, 1.807) is 0 Å². The van der Waals surface area contributed by atoms with Gasteiger partial charge in [-0.1, -0.05) is 5.16 Å². The molecule has 0 bridgehead atoms. The number of aromatic nitrogens is 4. The highest BCUT2D eigenvalue weighted by Gasteiger charge is 2.08. The van der Waals surface area contributed by atoms with Crippen molar-refractivity contribution in [3.63, 3.8) is 0 Å². The highest BCUT2D eigenvalue weighted by atomic mass is 16.5. The number of hydrazine groups is 1. The van der Waals surface area contributed by atoms with Crippen LogP contribution in [0.5, 0.6) is 0 Å². The number of hydrogen-bond acceptors (Lipinski definition) is 8. The Morgan fingerprint density at radius 2 is 2.33 bits per heavy atom. The number of rotatable bonds is 5. The summed E-state index contributed by atoms with van der Waals surface area (Å²) in [6.07, 6.45) is 4.48. The van der Waals surface area contributed by atoms with Gasteiger partial charge in [0.1, 0.15) is 5.69 Å². The van der Waals surface area contributed by atoms with E-state index in [4.69, 9.17) is 5.84 Å². The van der Waals surface area contributed by atoms with Crippen LogP contribution in [0.3, 0.4) is 0 Å². The molecule has 0 fully saturated rings. The summed E-state index contributed by atoms with van der Waals surface area (Å²) in [5.74, 6) is 5.67. The fourth-order valence-electron chi connectivity index (χ4n) is 1.23. The molecule has 0 aromatic carbocycles. The second kappa shape index (κ2) is 5.68. The minimum atomic E-state index is -0.344. The largest absolute Gasteiger partial charge is 0.350 e. The quantitative estimate of drug-likeness (QED) is 0.459. The molecule has 2 aromatic heterocycles. The molecule has 94 valence electrons. The first-order valence-corrected chi connectivity index (χ1v) is 5.11. The lowest BCUT2D eigenvalue weighted by Crippen LogP contribution is -2.27. The average molecular weight is 249 g/mol. The van der Waals surface area contributed by atoms with E-state index in [0.29, 0.717) is 24.6 Å². The molecule has 1 amide bonds. The van der Waals surface area contributed by atoms with Crippen molar-refractivity contribution >= 4 is 11.7 Å². The van der Waals surface area contributed by atoms with Crippen LogP contribution < -0.4 is 16.6 Å². The molecule has 9 nitrogen and oxygen atoms in total. The maximum Gasteiger partial charge on any atom is 0.271 e. The van der Waals surface area contributed by atoms with E-state index in [0.717, 1.165) is 0 Å². The maximum atomic E-state index is 11.7. The van der Waals surface area contributed by atoms with Crippen LogP contribution in [0.2, 0.25) is 0 Å². The number of amides is 1. The Hall–Kier alpha value is -2.55. The monoisotopic (exact) mass is 249 g/mol. The molecule has 0 aliphatic heterocycles. The molecule has 2 rings (SSSR count). The average Bonchev–Trinajstić information content (AvgIpc) is 2.92. The fraction of sp³-hybridized carbons (Fsp3) is 0.222. The van der Waals surface area contributed by atoms with Crippen LogP contribution in [0.4, 0.5) is 5.82 Å². The number of anilines is 1. The molecule has 0 saturated heterocycles. The summed E-state index contributed by atoms with van der Waals surface area (Å²) < 4.78 is 4.57. The Labute approximate surface area is 102 Å². The van der Waals surface area contributed by atoms with Gasteiger partial charge in [-0.15, -0.1) is 0 Å². The van der Waals surface area contributed by atoms with Gasteiger partial charge in [0, 0.05) is 13.0 Å². The molecular weight excluding hydrogens is 238 g/mol. The van der Waals surface area contributed by atoms with E-state index in [1.807, 2.05) is 0 Å². The lowest BCUT2D eigenvalue weighted by molar-refractivity contribution is 0.0948. The normalized spacial score (nSPS) is 10.1. The summed E-state index contributed by atoms with van der Waals surface area (Å²) in [7, 11) is 0. The first-order chi connectivity index (χ1) is 8.79. The second-order valence-corrected chi connectivity index (χ2v) is 3.29. The van der Waals surface area contributed by atoms with Crippen molar-refractivity contribution in [1.29, 1.82) is 0 Å². The summed E-state index contributed by atoms with van der Waals surface area (Å²) in [6, 6.07) is 0. The standard InChI is InChI=1S/C9H11N7O2/c10-15-8-4-11-3-6(14-8)9(17)12-2-1-7-13-5-18-16-7/h3-5H,1-2,10H2,(H,12,17)(H,14,15). The zero-order valence-corrected chi connectivity index (χ0v) is 9.33. The molecule has 4 N–H and O–H groups in total. The number of nitrogens with zero attached hydrogens (tertiary/aromatic N) is 4. The predicted octanol–water partition coefficient (Wildman–Crippen LogP) is -0.882. The van der Waals surface area contributed by atoms with E-state index in [2.05, 4.69) is 35.4 Å². The number of nitrogen functional groups attached to an aromatic ring is 1. The lowest BCUT2D eigenvalue weighted by atomic mass is 10.3. The Morgan fingerprint density at radius 3 is 3.06 bits per heavy atom. The van der Waals surface area contributed by atoms with Crippen molar-refractivity contribution in [1.82, 2.24) is 25.4 Å². The number of hydrogen-bond donors (Lipinski definition) is 3. The zero-order chi connectivity index (χ0) is 12.8. The third-order valence-corrected chi connectivity index (χ3v) is 2.06. The van der Waals surface area contributed by atoms with Gasteiger partial charge in [-0.3, -0.25) is 9.78 Å². The number of nitrogens with two attached hydrogens (primary N) is 1. The van der Waals surface area contributed by atoms with Gasteiger partial charge < -0.3 is 15.3 Å². The van der Waals surface area contributed by atoms with Crippen molar-refractivity contribution in [2.45, 2.75) is 6.42 Å². The van der Waals surface area contributed by atoms with Crippen LogP contribution in [0, 0.1) is 0 Å². The summed E-state index contributed by atoms with van der Waals surface area (Å²) >= 11 is 0. The molecule has 0 saturated carbocycles. The van der Waals surface area contributed by atoms with Crippen LogP contribution in [0.25, 0.3) is 0 Å². The molecule has 0 radical (unpaired) electrons. The van der Waals surface area contributed by atoms with Crippen LogP contribution in [-0.2, 0) is 6.42 Å². The van der Waals surface area contributed by atoms with Gasteiger partial charge in [0.05, 0.1) is 12.4 Å². The van der Waals surface area contributed by atoms with Gasteiger partial charge in [-0.2, -0.15) is 4.98 Å². The van der Waals surface area contributed by atoms with Gasteiger partial charge in [-0.05, 0) is 0 Å².